The van der Waals surface area contributed by atoms with Crippen LogP contribution in [0.4, 0.5) is 11.4 Å². The second-order valence-electron chi connectivity index (χ2n) is 9.02. The van der Waals surface area contributed by atoms with Gasteiger partial charge in [0.05, 0.1) is 0 Å². The number of nitrogens with zero attached hydrogens (tertiary/aromatic N) is 2. The van der Waals surface area contributed by atoms with Crippen molar-refractivity contribution in [1.29, 1.82) is 0 Å². The fraction of sp³-hybridized carbons (Fsp3) is 0.241. The first-order valence-corrected chi connectivity index (χ1v) is 11.7. The normalized spacial score (nSPS) is 18.1. The monoisotopic (exact) mass is 452 g/mol. The number of hydrogen-bond acceptors (Lipinski definition) is 4. The molecule has 0 bridgehead atoms. The molecule has 1 aliphatic carbocycles. The average Bonchev–Trinajstić information content (AvgIpc) is 2.85. The van der Waals surface area contributed by atoms with E-state index in [9.17, 15) is 9.59 Å². The first-order chi connectivity index (χ1) is 16.5. The van der Waals surface area contributed by atoms with Gasteiger partial charge in [0.15, 0.2) is 5.78 Å². The molecular weight excluding hydrogens is 424 g/mol. The van der Waals surface area contributed by atoms with Crippen molar-refractivity contribution in [2.45, 2.75) is 31.6 Å². The van der Waals surface area contributed by atoms with E-state index in [-0.39, 0.29) is 24.0 Å². The van der Waals surface area contributed by atoms with Crippen LogP contribution >= 0.6 is 0 Å². The van der Waals surface area contributed by atoms with E-state index in [0.29, 0.717) is 12.2 Å². The van der Waals surface area contributed by atoms with Crippen LogP contribution in [0.5, 0.6) is 11.5 Å². The molecule has 3 aromatic rings. The summed E-state index contributed by atoms with van der Waals surface area (Å²) in [5.74, 6) is 1.45. The van der Waals surface area contributed by atoms with E-state index in [1.807, 2.05) is 97.9 Å². The molecule has 1 aliphatic heterocycles. The highest BCUT2D eigenvalue weighted by Crippen LogP contribution is 2.43. The number of ether oxygens (including phenoxy) is 1. The second-order valence-corrected chi connectivity index (χ2v) is 9.02. The van der Waals surface area contributed by atoms with Gasteiger partial charge in [-0.1, -0.05) is 30.3 Å². The van der Waals surface area contributed by atoms with Crippen molar-refractivity contribution in [1.82, 2.24) is 0 Å². The number of carbonyl (C=O) groups is 2. The highest BCUT2D eigenvalue weighted by atomic mass is 16.5. The molecule has 1 amide bonds. The Morgan fingerprint density at radius 1 is 0.824 bits per heavy atom. The standard InChI is InChI=1S/C29H28N2O3/c1-30(2)21-13-11-20(12-14-21)25-19-28(33)31(26-9-6-10-27(32)29(25)26)22-15-17-24(18-16-22)34-23-7-4-3-5-8-23/h3-5,7-8,11-18,25H,6,9-10,19H2,1-2H3. The van der Waals surface area contributed by atoms with Crippen LogP contribution < -0.4 is 14.5 Å². The minimum Gasteiger partial charge on any atom is -0.457 e. The lowest BCUT2D eigenvalue weighted by Gasteiger charge is -2.38. The number of hydrogen-bond donors (Lipinski definition) is 0. The van der Waals surface area contributed by atoms with Gasteiger partial charge in [-0.3, -0.25) is 14.5 Å². The summed E-state index contributed by atoms with van der Waals surface area (Å²) in [7, 11) is 4.00. The minimum absolute atomic E-state index is 0.0202. The number of Topliss-reactive ketones (excluding diaryl/α,β-unsaturated/α-hetero) is 1. The summed E-state index contributed by atoms with van der Waals surface area (Å²) in [5, 5.41) is 0. The Balaban J connectivity index is 1.48. The van der Waals surface area contributed by atoms with Gasteiger partial charge in [0.25, 0.3) is 0 Å². The molecule has 0 radical (unpaired) electrons. The van der Waals surface area contributed by atoms with Gasteiger partial charge in [-0.25, -0.2) is 0 Å². The summed E-state index contributed by atoms with van der Waals surface area (Å²) < 4.78 is 5.90. The van der Waals surface area contributed by atoms with Crippen molar-refractivity contribution in [3.05, 3.63) is 95.7 Å². The molecule has 34 heavy (non-hydrogen) atoms. The van der Waals surface area contributed by atoms with E-state index in [1.165, 1.54) is 0 Å². The van der Waals surface area contributed by atoms with E-state index in [2.05, 4.69) is 0 Å². The molecule has 0 aromatic heterocycles. The lowest BCUT2D eigenvalue weighted by atomic mass is 9.77. The fourth-order valence-electron chi connectivity index (χ4n) is 4.87. The molecule has 0 spiro atoms. The third kappa shape index (κ3) is 4.21. The van der Waals surface area contributed by atoms with Crippen molar-refractivity contribution in [3.63, 3.8) is 0 Å². The van der Waals surface area contributed by atoms with Crippen molar-refractivity contribution < 1.29 is 14.3 Å². The third-order valence-electron chi connectivity index (χ3n) is 6.56. The van der Waals surface area contributed by atoms with Gasteiger partial charge in [0.2, 0.25) is 5.91 Å². The number of benzene rings is 3. The summed E-state index contributed by atoms with van der Waals surface area (Å²) in [4.78, 5) is 30.3. The van der Waals surface area contributed by atoms with E-state index in [1.54, 1.807) is 4.90 Å². The van der Waals surface area contributed by atoms with Gasteiger partial charge >= 0.3 is 0 Å². The fourth-order valence-corrected chi connectivity index (χ4v) is 4.87. The number of allylic oxidation sites excluding steroid dienone is 2. The molecule has 0 saturated carbocycles. The molecule has 5 rings (SSSR count). The van der Waals surface area contributed by atoms with Gasteiger partial charge in [-0.15, -0.1) is 0 Å². The molecule has 5 heteroatoms. The zero-order valence-electron chi connectivity index (χ0n) is 19.5. The molecule has 0 saturated heterocycles. The quantitative estimate of drug-likeness (QED) is 0.471. The van der Waals surface area contributed by atoms with Crippen LogP contribution in [0.2, 0.25) is 0 Å². The molecule has 1 unspecified atom stereocenters. The highest BCUT2D eigenvalue weighted by molar-refractivity contribution is 6.07. The van der Waals surface area contributed by atoms with Crippen LogP contribution in [-0.4, -0.2) is 25.8 Å². The molecular formula is C29H28N2O3. The van der Waals surface area contributed by atoms with Crippen LogP contribution in [0.3, 0.4) is 0 Å². The highest BCUT2D eigenvalue weighted by Gasteiger charge is 2.39. The molecule has 3 aromatic carbocycles. The molecule has 1 heterocycles. The Morgan fingerprint density at radius 3 is 2.18 bits per heavy atom. The lowest BCUT2D eigenvalue weighted by molar-refractivity contribution is -0.119. The van der Waals surface area contributed by atoms with Gasteiger partial charge < -0.3 is 9.64 Å². The van der Waals surface area contributed by atoms with Crippen molar-refractivity contribution in [3.8, 4) is 11.5 Å². The Bertz CT molecular complexity index is 1230. The average molecular weight is 453 g/mol. The largest absolute Gasteiger partial charge is 0.457 e. The summed E-state index contributed by atoms with van der Waals surface area (Å²) in [6.45, 7) is 0. The number of amides is 1. The topological polar surface area (TPSA) is 49.9 Å². The van der Waals surface area contributed by atoms with E-state index >= 15 is 0 Å². The summed E-state index contributed by atoms with van der Waals surface area (Å²) >= 11 is 0. The van der Waals surface area contributed by atoms with Gasteiger partial charge in [0.1, 0.15) is 11.5 Å². The third-order valence-corrected chi connectivity index (χ3v) is 6.56. The Kier molecular flexibility index (Phi) is 5.93. The predicted molar refractivity (Wildman–Crippen MR) is 134 cm³/mol. The number of para-hydroxylation sites is 1. The number of anilines is 2. The maximum Gasteiger partial charge on any atom is 0.232 e. The SMILES string of the molecule is CN(C)c1ccc(C2CC(=O)N(c3ccc(Oc4ccccc4)cc3)C3=C2C(=O)CCC3)cc1. The van der Waals surface area contributed by atoms with Crippen molar-refractivity contribution in [2.75, 3.05) is 23.9 Å². The van der Waals surface area contributed by atoms with Crippen molar-refractivity contribution in [2.24, 2.45) is 0 Å². The Morgan fingerprint density at radius 2 is 1.50 bits per heavy atom. The number of carbonyl (C=O) groups excluding carboxylic acids is 2. The van der Waals surface area contributed by atoms with Gasteiger partial charge in [-0.05, 0) is 66.9 Å². The number of rotatable bonds is 5. The lowest BCUT2D eigenvalue weighted by Crippen LogP contribution is -2.40. The van der Waals surface area contributed by atoms with Crippen molar-refractivity contribution >= 4 is 23.1 Å². The van der Waals surface area contributed by atoms with Gasteiger partial charge in [-0.2, -0.15) is 0 Å². The Labute approximate surface area is 200 Å². The van der Waals surface area contributed by atoms with Crippen LogP contribution in [0.1, 0.15) is 37.2 Å². The summed E-state index contributed by atoms with van der Waals surface area (Å²) in [6.07, 6.45) is 2.31. The zero-order chi connectivity index (χ0) is 23.7. The molecule has 5 nitrogen and oxygen atoms in total. The molecule has 2 aliphatic rings. The Hall–Kier alpha value is -3.86. The van der Waals surface area contributed by atoms with Crippen LogP contribution in [0.15, 0.2) is 90.1 Å². The maximum absolute atomic E-state index is 13.4. The van der Waals surface area contributed by atoms with E-state index in [4.69, 9.17) is 4.74 Å². The van der Waals surface area contributed by atoms with Gasteiger partial charge in [0, 0.05) is 55.5 Å². The number of ketones is 1. The first kappa shape index (κ1) is 22.0. The molecule has 0 fully saturated rings. The first-order valence-electron chi connectivity index (χ1n) is 11.7. The summed E-state index contributed by atoms with van der Waals surface area (Å²) in [6, 6.07) is 25.3. The molecule has 1 atom stereocenters. The second kappa shape index (κ2) is 9.18. The van der Waals surface area contributed by atoms with E-state index < -0.39 is 0 Å². The summed E-state index contributed by atoms with van der Waals surface area (Å²) in [5.41, 5.74) is 4.54. The van der Waals surface area contributed by atoms with Crippen LogP contribution in [0, 0.1) is 0 Å². The van der Waals surface area contributed by atoms with Crippen LogP contribution in [0.25, 0.3) is 0 Å². The minimum atomic E-state index is -0.191. The van der Waals surface area contributed by atoms with Crippen LogP contribution in [-0.2, 0) is 9.59 Å². The maximum atomic E-state index is 13.4. The molecule has 0 N–H and O–H groups in total. The van der Waals surface area contributed by atoms with E-state index in [0.717, 1.165) is 46.8 Å². The smallest absolute Gasteiger partial charge is 0.232 e. The molecule has 172 valence electrons. The zero-order valence-corrected chi connectivity index (χ0v) is 19.5. The predicted octanol–water partition coefficient (Wildman–Crippen LogP) is 6.07.